The zero-order chi connectivity index (χ0) is 11.8. The third-order valence-corrected chi connectivity index (χ3v) is 2.86. The maximum absolute atomic E-state index is 4.35. The first-order chi connectivity index (χ1) is 8.24. The molecule has 3 rings (SSSR count). The van der Waals surface area contributed by atoms with Gasteiger partial charge in [-0.25, -0.2) is 4.52 Å². The first-order valence-corrected chi connectivity index (χ1v) is 5.72. The lowest BCUT2D eigenvalue weighted by Gasteiger charge is -2.03. The molecule has 0 atom stereocenters. The normalized spacial score (nSPS) is 11.5. The predicted molar refractivity (Wildman–Crippen MR) is 66.8 cm³/mol. The predicted octanol–water partition coefficient (Wildman–Crippen LogP) is 2.78. The van der Waals surface area contributed by atoms with Crippen molar-refractivity contribution in [2.75, 3.05) is 0 Å². The highest BCUT2D eigenvalue weighted by atomic mass is 15.3. The Morgan fingerprint density at radius 2 is 1.88 bits per heavy atom. The molecular formula is C13H14N4. The topological polar surface area (TPSA) is 35.1 Å². The van der Waals surface area contributed by atoms with E-state index in [2.05, 4.69) is 42.4 Å². The minimum Gasteiger partial charge on any atom is -0.270 e. The molecule has 3 aromatic heterocycles. The van der Waals surface area contributed by atoms with Crippen molar-refractivity contribution in [2.24, 2.45) is 0 Å². The number of fused-ring (bicyclic) bond motifs is 1. The Balaban J connectivity index is 2.06. The van der Waals surface area contributed by atoms with E-state index in [1.54, 1.807) is 6.20 Å². The van der Waals surface area contributed by atoms with Gasteiger partial charge in [0.15, 0.2) is 0 Å². The standard InChI is InChI=1S/C13H14N4/c1-10(2)16-9-12(7-15-16)11-3-4-13-5-6-14-17(13)8-11/h3-10H,1-2H3. The molecule has 0 amide bonds. The Kier molecular flexibility index (Phi) is 2.21. The van der Waals surface area contributed by atoms with E-state index < -0.39 is 0 Å². The molecule has 3 heterocycles. The molecule has 0 aliphatic rings. The summed E-state index contributed by atoms with van der Waals surface area (Å²) in [6, 6.07) is 6.53. The van der Waals surface area contributed by atoms with E-state index >= 15 is 0 Å². The van der Waals surface area contributed by atoms with Crippen molar-refractivity contribution in [3.63, 3.8) is 0 Å². The molecule has 4 nitrogen and oxygen atoms in total. The minimum atomic E-state index is 0.386. The summed E-state index contributed by atoms with van der Waals surface area (Å²) in [6.07, 6.45) is 7.79. The number of nitrogens with zero attached hydrogens (tertiary/aromatic N) is 4. The average Bonchev–Trinajstić information content (AvgIpc) is 2.97. The van der Waals surface area contributed by atoms with Crippen LogP contribution in [0.25, 0.3) is 16.6 Å². The van der Waals surface area contributed by atoms with Crippen molar-refractivity contribution >= 4 is 5.52 Å². The van der Waals surface area contributed by atoms with Gasteiger partial charge in [-0.1, -0.05) is 6.07 Å². The lowest BCUT2D eigenvalue weighted by molar-refractivity contribution is 0.532. The van der Waals surface area contributed by atoms with E-state index in [0.717, 1.165) is 16.6 Å². The molecule has 0 aliphatic heterocycles. The van der Waals surface area contributed by atoms with E-state index in [-0.39, 0.29) is 0 Å². The Morgan fingerprint density at radius 3 is 2.65 bits per heavy atom. The molecule has 3 aromatic rings. The fourth-order valence-corrected chi connectivity index (χ4v) is 1.85. The van der Waals surface area contributed by atoms with Crippen molar-refractivity contribution < 1.29 is 0 Å². The summed E-state index contributed by atoms with van der Waals surface area (Å²) in [5.41, 5.74) is 3.36. The van der Waals surface area contributed by atoms with Gasteiger partial charge in [-0.15, -0.1) is 0 Å². The van der Waals surface area contributed by atoms with Crippen LogP contribution in [0.1, 0.15) is 19.9 Å². The SMILES string of the molecule is CC(C)n1cc(-c2ccc3ccnn3c2)cn1. The minimum absolute atomic E-state index is 0.386. The molecule has 0 radical (unpaired) electrons. The third kappa shape index (κ3) is 1.71. The quantitative estimate of drug-likeness (QED) is 0.673. The summed E-state index contributed by atoms with van der Waals surface area (Å²) in [6.45, 7) is 4.24. The molecule has 0 bridgehead atoms. The second-order valence-electron chi connectivity index (χ2n) is 4.42. The number of rotatable bonds is 2. The van der Waals surface area contributed by atoms with Crippen LogP contribution in [0.5, 0.6) is 0 Å². The average molecular weight is 226 g/mol. The number of pyridine rings is 1. The lowest BCUT2D eigenvalue weighted by atomic mass is 10.1. The summed E-state index contributed by atoms with van der Waals surface area (Å²) in [5.74, 6) is 0. The van der Waals surface area contributed by atoms with Crippen LogP contribution in [-0.2, 0) is 0 Å². The monoisotopic (exact) mass is 226 g/mol. The van der Waals surface area contributed by atoms with Crippen LogP contribution in [0.2, 0.25) is 0 Å². The Morgan fingerprint density at radius 1 is 1.00 bits per heavy atom. The first kappa shape index (κ1) is 10.1. The zero-order valence-electron chi connectivity index (χ0n) is 9.91. The van der Waals surface area contributed by atoms with Gasteiger partial charge in [0.1, 0.15) is 0 Å². The molecule has 0 N–H and O–H groups in total. The van der Waals surface area contributed by atoms with Crippen LogP contribution in [0.15, 0.2) is 43.0 Å². The van der Waals surface area contributed by atoms with Gasteiger partial charge in [0, 0.05) is 35.8 Å². The maximum Gasteiger partial charge on any atom is 0.0661 e. The summed E-state index contributed by atoms with van der Waals surface area (Å²) in [7, 11) is 0. The van der Waals surface area contributed by atoms with Crippen molar-refractivity contribution in [1.29, 1.82) is 0 Å². The van der Waals surface area contributed by atoms with Crippen LogP contribution in [0.4, 0.5) is 0 Å². The summed E-state index contributed by atoms with van der Waals surface area (Å²) >= 11 is 0. The van der Waals surface area contributed by atoms with E-state index in [1.807, 2.05) is 27.7 Å². The molecule has 0 spiro atoms. The fraction of sp³-hybridized carbons (Fsp3) is 0.231. The Labute approximate surface area is 99.5 Å². The second kappa shape index (κ2) is 3.73. The van der Waals surface area contributed by atoms with Crippen molar-refractivity contribution in [1.82, 2.24) is 19.4 Å². The molecule has 86 valence electrons. The molecule has 0 saturated carbocycles. The van der Waals surface area contributed by atoms with Crippen LogP contribution in [-0.4, -0.2) is 19.4 Å². The summed E-state index contributed by atoms with van der Waals surface area (Å²) in [5, 5.41) is 8.58. The van der Waals surface area contributed by atoms with Gasteiger partial charge in [0.2, 0.25) is 0 Å². The van der Waals surface area contributed by atoms with Gasteiger partial charge in [0.05, 0.1) is 11.7 Å². The zero-order valence-corrected chi connectivity index (χ0v) is 9.91. The Hall–Kier alpha value is -2.10. The first-order valence-electron chi connectivity index (χ1n) is 5.72. The largest absolute Gasteiger partial charge is 0.270 e. The number of aromatic nitrogens is 4. The lowest BCUT2D eigenvalue weighted by Crippen LogP contribution is -1.99. The molecule has 0 unspecified atom stereocenters. The maximum atomic E-state index is 4.35. The highest BCUT2D eigenvalue weighted by Gasteiger charge is 2.05. The molecule has 0 aromatic carbocycles. The molecule has 4 heteroatoms. The highest BCUT2D eigenvalue weighted by molar-refractivity contribution is 5.63. The van der Waals surface area contributed by atoms with Crippen LogP contribution >= 0.6 is 0 Å². The number of hydrogen-bond donors (Lipinski definition) is 0. The van der Waals surface area contributed by atoms with Crippen LogP contribution in [0.3, 0.4) is 0 Å². The van der Waals surface area contributed by atoms with E-state index in [9.17, 15) is 0 Å². The van der Waals surface area contributed by atoms with E-state index in [1.165, 1.54) is 0 Å². The van der Waals surface area contributed by atoms with Gasteiger partial charge in [-0.05, 0) is 26.0 Å². The smallest absolute Gasteiger partial charge is 0.0661 e. The highest BCUT2D eigenvalue weighted by Crippen LogP contribution is 2.20. The van der Waals surface area contributed by atoms with E-state index in [0.29, 0.717) is 6.04 Å². The fourth-order valence-electron chi connectivity index (χ4n) is 1.85. The molecule has 0 aliphatic carbocycles. The van der Waals surface area contributed by atoms with Crippen LogP contribution in [0, 0.1) is 0 Å². The second-order valence-corrected chi connectivity index (χ2v) is 4.42. The van der Waals surface area contributed by atoms with Gasteiger partial charge in [-0.3, -0.25) is 4.68 Å². The molecular weight excluding hydrogens is 212 g/mol. The third-order valence-electron chi connectivity index (χ3n) is 2.86. The molecule has 0 saturated heterocycles. The van der Waals surface area contributed by atoms with Crippen molar-refractivity contribution in [2.45, 2.75) is 19.9 Å². The van der Waals surface area contributed by atoms with Gasteiger partial charge >= 0.3 is 0 Å². The van der Waals surface area contributed by atoms with Crippen molar-refractivity contribution in [3.8, 4) is 11.1 Å². The van der Waals surface area contributed by atoms with Crippen molar-refractivity contribution in [3.05, 3.63) is 43.0 Å². The van der Waals surface area contributed by atoms with Gasteiger partial charge in [-0.2, -0.15) is 10.2 Å². The Bertz CT molecular complexity index is 648. The van der Waals surface area contributed by atoms with Crippen LogP contribution < -0.4 is 0 Å². The van der Waals surface area contributed by atoms with Gasteiger partial charge < -0.3 is 0 Å². The van der Waals surface area contributed by atoms with Gasteiger partial charge in [0.25, 0.3) is 0 Å². The summed E-state index contributed by atoms with van der Waals surface area (Å²) in [4.78, 5) is 0. The number of hydrogen-bond acceptors (Lipinski definition) is 2. The van der Waals surface area contributed by atoms with E-state index in [4.69, 9.17) is 0 Å². The molecule has 0 fully saturated rings. The summed E-state index contributed by atoms with van der Waals surface area (Å²) < 4.78 is 3.84. The molecule has 17 heavy (non-hydrogen) atoms.